The molecule has 2 amide bonds. The van der Waals surface area contributed by atoms with Crippen LogP contribution in [0.3, 0.4) is 0 Å². The van der Waals surface area contributed by atoms with Crippen molar-refractivity contribution in [3.63, 3.8) is 0 Å². The Bertz CT molecular complexity index is 516. The average molecular weight is 264 g/mol. The molecule has 1 aliphatic rings. The third-order valence-corrected chi connectivity index (χ3v) is 3.29. The molecular weight excluding hydrogens is 247 g/mol. The predicted octanol–water partition coefficient (Wildman–Crippen LogP) is 1.48. The highest BCUT2D eigenvalue weighted by molar-refractivity contribution is 5.94. The Morgan fingerprint density at radius 1 is 1.42 bits per heavy atom. The maximum absolute atomic E-state index is 13.2. The molecule has 0 aromatic heterocycles. The van der Waals surface area contributed by atoms with Gasteiger partial charge in [-0.1, -0.05) is 0 Å². The second-order valence-electron chi connectivity index (χ2n) is 4.90. The molecule has 2 rings (SSSR count). The summed E-state index contributed by atoms with van der Waals surface area (Å²) < 4.78 is 13.2. The standard InChI is InChI=1S/C14H17FN2O2/c1-9-7-11(3-4-13(9)15)14(19)17-6-5-12(8-17)16-10(2)18/h3-4,7,12H,5-6,8H2,1-2H3,(H,16,18). The molecule has 19 heavy (non-hydrogen) atoms. The van der Waals surface area contributed by atoms with Crippen LogP contribution < -0.4 is 5.32 Å². The molecule has 0 aliphatic carbocycles. The fraction of sp³-hybridized carbons (Fsp3) is 0.429. The average Bonchev–Trinajstić information content (AvgIpc) is 2.79. The first-order chi connectivity index (χ1) is 8.97. The largest absolute Gasteiger partial charge is 0.352 e. The topological polar surface area (TPSA) is 49.4 Å². The molecule has 1 atom stereocenters. The lowest BCUT2D eigenvalue weighted by Crippen LogP contribution is -2.37. The Hall–Kier alpha value is -1.91. The molecule has 0 spiro atoms. The van der Waals surface area contributed by atoms with Crippen LogP contribution in [-0.2, 0) is 4.79 Å². The van der Waals surface area contributed by atoms with Crippen LogP contribution in [0.5, 0.6) is 0 Å². The molecule has 4 nitrogen and oxygen atoms in total. The molecular formula is C14H17FN2O2. The van der Waals surface area contributed by atoms with Crippen LogP contribution in [0.15, 0.2) is 18.2 Å². The lowest BCUT2D eigenvalue weighted by atomic mass is 10.1. The van der Waals surface area contributed by atoms with Gasteiger partial charge in [0.2, 0.25) is 5.91 Å². The number of benzene rings is 1. The number of rotatable bonds is 2. The molecule has 102 valence electrons. The van der Waals surface area contributed by atoms with E-state index in [1.165, 1.54) is 19.1 Å². The maximum Gasteiger partial charge on any atom is 0.253 e. The fourth-order valence-electron chi connectivity index (χ4n) is 2.31. The summed E-state index contributed by atoms with van der Waals surface area (Å²) in [6, 6.07) is 4.38. The second kappa shape index (κ2) is 5.38. The molecule has 1 aliphatic heterocycles. The zero-order valence-electron chi connectivity index (χ0n) is 11.1. The summed E-state index contributed by atoms with van der Waals surface area (Å²) in [4.78, 5) is 24.9. The number of nitrogens with one attached hydrogen (secondary N) is 1. The van der Waals surface area contributed by atoms with E-state index in [-0.39, 0.29) is 23.7 Å². The number of hydrogen-bond donors (Lipinski definition) is 1. The number of likely N-dealkylation sites (tertiary alicyclic amines) is 1. The van der Waals surface area contributed by atoms with E-state index in [1.807, 2.05) is 0 Å². The zero-order valence-corrected chi connectivity index (χ0v) is 11.1. The van der Waals surface area contributed by atoms with Gasteiger partial charge in [0, 0.05) is 31.6 Å². The first kappa shape index (κ1) is 13.5. The van der Waals surface area contributed by atoms with E-state index in [1.54, 1.807) is 17.9 Å². The fourth-order valence-corrected chi connectivity index (χ4v) is 2.31. The van der Waals surface area contributed by atoms with Gasteiger partial charge in [0.15, 0.2) is 0 Å². The highest BCUT2D eigenvalue weighted by Crippen LogP contribution is 2.16. The number of amides is 2. The summed E-state index contributed by atoms with van der Waals surface area (Å²) in [7, 11) is 0. The van der Waals surface area contributed by atoms with Crippen molar-refractivity contribution in [2.24, 2.45) is 0 Å². The van der Waals surface area contributed by atoms with Crippen molar-refractivity contribution in [2.45, 2.75) is 26.3 Å². The summed E-state index contributed by atoms with van der Waals surface area (Å²) in [5.74, 6) is -0.512. The van der Waals surface area contributed by atoms with Gasteiger partial charge in [-0.05, 0) is 37.1 Å². The molecule has 0 radical (unpaired) electrons. The number of carbonyl (C=O) groups excluding carboxylic acids is 2. The molecule has 0 bridgehead atoms. The van der Waals surface area contributed by atoms with Gasteiger partial charge in [-0.2, -0.15) is 0 Å². The molecule has 1 N–H and O–H groups in total. The van der Waals surface area contributed by atoms with Gasteiger partial charge >= 0.3 is 0 Å². The van der Waals surface area contributed by atoms with E-state index < -0.39 is 0 Å². The molecule has 1 aromatic rings. The van der Waals surface area contributed by atoms with Crippen molar-refractivity contribution in [2.75, 3.05) is 13.1 Å². The van der Waals surface area contributed by atoms with Crippen LogP contribution in [0, 0.1) is 12.7 Å². The zero-order chi connectivity index (χ0) is 14.0. The van der Waals surface area contributed by atoms with Crippen molar-refractivity contribution in [3.05, 3.63) is 35.1 Å². The van der Waals surface area contributed by atoms with Gasteiger partial charge in [-0.3, -0.25) is 9.59 Å². The molecule has 1 saturated heterocycles. The predicted molar refractivity (Wildman–Crippen MR) is 69.3 cm³/mol. The van der Waals surface area contributed by atoms with Crippen LogP contribution in [0.25, 0.3) is 0 Å². The summed E-state index contributed by atoms with van der Waals surface area (Å²) >= 11 is 0. The normalized spacial score (nSPS) is 18.5. The molecule has 1 fully saturated rings. The summed E-state index contributed by atoms with van der Waals surface area (Å²) in [5, 5.41) is 2.81. The molecule has 1 heterocycles. The van der Waals surface area contributed by atoms with E-state index in [0.29, 0.717) is 24.2 Å². The first-order valence-electron chi connectivity index (χ1n) is 6.30. The monoisotopic (exact) mass is 264 g/mol. The van der Waals surface area contributed by atoms with Crippen molar-refractivity contribution in [3.8, 4) is 0 Å². The smallest absolute Gasteiger partial charge is 0.253 e. The highest BCUT2D eigenvalue weighted by Gasteiger charge is 2.27. The van der Waals surface area contributed by atoms with Gasteiger partial charge in [0.05, 0.1) is 0 Å². The summed E-state index contributed by atoms with van der Waals surface area (Å²) in [5.41, 5.74) is 0.950. The number of hydrogen-bond acceptors (Lipinski definition) is 2. The number of carbonyl (C=O) groups is 2. The Balaban J connectivity index is 2.04. The Morgan fingerprint density at radius 2 is 2.16 bits per heavy atom. The number of nitrogens with zero attached hydrogens (tertiary/aromatic N) is 1. The van der Waals surface area contributed by atoms with Crippen molar-refractivity contribution in [1.82, 2.24) is 10.2 Å². The number of halogens is 1. The lowest BCUT2D eigenvalue weighted by Gasteiger charge is -2.17. The van der Waals surface area contributed by atoms with Gasteiger partial charge in [0.25, 0.3) is 5.91 Å². The van der Waals surface area contributed by atoms with Gasteiger partial charge in [0.1, 0.15) is 5.82 Å². The minimum Gasteiger partial charge on any atom is -0.352 e. The van der Waals surface area contributed by atoms with Gasteiger partial charge < -0.3 is 10.2 Å². The van der Waals surface area contributed by atoms with Crippen LogP contribution in [0.2, 0.25) is 0 Å². The summed E-state index contributed by atoms with van der Waals surface area (Å²) in [6.45, 7) is 4.22. The third-order valence-electron chi connectivity index (χ3n) is 3.29. The van der Waals surface area contributed by atoms with Gasteiger partial charge in [-0.25, -0.2) is 4.39 Å². The quantitative estimate of drug-likeness (QED) is 0.879. The van der Waals surface area contributed by atoms with E-state index in [9.17, 15) is 14.0 Å². The lowest BCUT2D eigenvalue weighted by molar-refractivity contribution is -0.119. The molecule has 1 aromatic carbocycles. The van der Waals surface area contributed by atoms with Crippen molar-refractivity contribution >= 4 is 11.8 Å². The van der Waals surface area contributed by atoms with Gasteiger partial charge in [-0.15, -0.1) is 0 Å². The Labute approximate surface area is 111 Å². The van der Waals surface area contributed by atoms with Crippen LogP contribution in [-0.4, -0.2) is 35.8 Å². The highest BCUT2D eigenvalue weighted by atomic mass is 19.1. The molecule has 0 saturated carbocycles. The molecule has 5 heteroatoms. The van der Waals surface area contributed by atoms with Crippen molar-refractivity contribution < 1.29 is 14.0 Å². The first-order valence-corrected chi connectivity index (χ1v) is 6.30. The number of aryl methyl sites for hydroxylation is 1. The second-order valence-corrected chi connectivity index (χ2v) is 4.90. The van der Waals surface area contributed by atoms with E-state index in [4.69, 9.17) is 0 Å². The maximum atomic E-state index is 13.2. The van der Waals surface area contributed by atoms with Crippen LogP contribution in [0.4, 0.5) is 4.39 Å². The third kappa shape index (κ3) is 3.10. The van der Waals surface area contributed by atoms with E-state index in [2.05, 4.69) is 5.32 Å². The van der Waals surface area contributed by atoms with Crippen LogP contribution in [0.1, 0.15) is 29.3 Å². The molecule has 1 unspecified atom stereocenters. The minimum atomic E-state index is -0.311. The van der Waals surface area contributed by atoms with Crippen molar-refractivity contribution in [1.29, 1.82) is 0 Å². The SMILES string of the molecule is CC(=O)NC1CCN(C(=O)c2ccc(F)c(C)c2)C1. The van der Waals surface area contributed by atoms with E-state index >= 15 is 0 Å². The Morgan fingerprint density at radius 3 is 2.79 bits per heavy atom. The summed E-state index contributed by atoms with van der Waals surface area (Å²) in [6.07, 6.45) is 0.755. The minimum absolute atomic E-state index is 0.0167. The van der Waals surface area contributed by atoms with E-state index in [0.717, 1.165) is 6.42 Å². The van der Waals surface area contributed by atoms with Crippen LogP contribution >= 0.6 is 0 Å². The Kier molecular flexibility index (Phi) is 3.83.